The highest BCUT2D eigenvalue weighted by Crippen LogP contribution is 2.37. The minimum atomic E-state index is -2.52. The number of benzene rings is 2. The first kappa shape index (κ1) is 21.1. The Morgan fingerprint density at radius 3 is 1.33 bits per heavy atom. The van der Waals surface area contributed by atoms with E-state index < -0.39 is 86.1 Å². The van der Waals surface area contributed by atoms with E-state index in [1.807, 2.05) is 0 Å². The Labute approximate surface area is 159 Å². The van der Waals surface area contributed by atoms with Gasteiger partial charge in [-0.1, -0.05) is 0 Å². The van der Waals surface area contributed by atoms with Crippen LogP contribution < -0.4 is 0 Å². The van der Waals surface area contributed by atoms with Gasteiger partial charge < -0.3 is 0 Å². The zero-order chi connectivity index (χ0) is 22.5. The molecule has 1 aromatic heterocycles. The molecule has 0 aliphatic carbocycles. The minimum Gasteiger partial charge on any atom is -0.244 e. The van der Waals surface area contributed by atoms with Gasteiger partial charge in [-0.3, -0.25) is 0 Å². The highest BCUT2D eigenvalue weighted by molar-refractivity contribution is 5.77. The van der Waals surface area contributed by atoms with Crippen molar-refractivity contribution < 1.29 is 43.9 Å². The Hall–Kier alpha value is -3.62. The van der Waals surface area contributed by atoms with Gasteiger partial charge in [0.1, 0.15) is 11.8 Å². The largest absolute Gasteiger partial charge is 0.244 e. The second-order valence-electron chi connectivity index (χ2n) is 5.62. The Balaban J connectivity index is 2.42. The lowest BCUT2D eigenvalue weighted by Crippen LogP contribution is -2.07. The van der Waals surface area contributed by atoms with Crippen molar-refractivity contribution in [1.29, 1.82) is 5.26 Å². The van der Waals surface area contributed by atoms with E-state index in [2.05, 4.69) is 4.98 Å². The fraction of sp³-hybridized carbons (Fsp3) is 0. The first-order valence-electron chi connectivity index (χ1n) is 7.46. The summed E-state index contributed by atoms with van der Waals surface area (Å²) >= 11 is 0. The van der Waals surface area contributed by atoms with E-state index in [9.17, 15) is 43.9 Å². The number of pyridine rings is 1. The normalized spacial score (nSPS) is 11.0. The molecule has 2 nitrogen and oxygen atoms in total. The van der Waals surface area contributed by atoms with Gasteiger partial charge in [0, 0.05) is 17.3 Å². The van der Waals surface area contributed by atoms with Gasteiger partial charge in [-0.25, -0.2) is 48.9 Å². The summed E-state index contributed by atoms with van der Waals surface area (Å²) in [5, 5.41) is 9.01. The van der Waals surface area contributed by atoms with Gasteiger partial charge in [-0.2, -0.15) is 5.26 Å². The third-order valence-corrected chi connectivity index (χ3v) is 3.97. The first-order valence-corrected chi connectivity index (χ1v) is 7.46. The van der Waals surface area contributed by atoms with Crippen molar-refractivity contribution >= 4 is 0 Å². The molecule has 0 N–H and O–H groups in total. The summed E-state index contributed by atoms with van der Waals surface area (Å²) in [6, 6.07) is 1.57. The van der Waals surface area contributed by atoms with Gasteiger partial charge in [-0.05, 0) is 6.07 Å². The molecule has 0 saturated carbocycles. The van der Waals surface area contributed by atoms with Crippen LogP contribution in [0.5, 0.6) is 0 Å². The topological polar surface area (TPSA) is 36.7 Å². The summed E-state index contributed by atoms with van der Waals surface area (Å²) in [5.74, 6) is -24.0. The lowest BCUT2D eigenvalue weighted by Gasteiger charge is -2.12. The number of nitriles is 1. The number of hydrogen-bond acceptors (Lipinski definition) is 2. The number of nitrogens with zero attached hydrogens (tertiary/aromatic N) is 2. The van der Waals surface area contributed by atoms with Gasteiger partial charge >= 0.3 is 0 Å². The molecule has 1 heterocycles. The molecule has 0 fully saturated rings. The van der Waals surface area contributed by atoms with Gasteiger partial charge in [0.15, 0.2) is 46.5 Å². The van der Waals surface area contributed by atoms with E-state index in [1.54, 1.807) is 0 Å². The SMILES string of the molecule is N#Cc1ncc(-c2c(F)c(F)c(F)c(F)c2F)cc1-c1c(F)c(F)c(F)c(F)c1F. The molecule has 0 aliphatic rings. The van der Waals surface area contributed by atoms with E-state index >= 15 is 0 Å². The molecule has 0 spiro atoms. The zero-order valence-corrected chi connectivity index (χ0v) is 13.8. The average molecular weight is 436 g/mol. The highest BCUT2D eigenvalue weighted by Gasteiger charge is 2.31. The molecule has 0 amide bonds. The summed E-state index contributed by atoms with van der Waals surface area (Å²) in [7, 11) is 0. The molecule has 3 aromatic rings. The van der Waals surface area contributed by atoms with E-state index in [4.69, 9.17) is 5.26 Å². The maximum atomic E-state index is 14.1. The molecule has 0 radical (unpaired) electrons. The van der Waals surface area contributed by atoms with Crippen molar-refractivity contribution in [2.45, 2.75) is 0 Å². The van der Waals surface area contributed by atoms with Crippen molar-refractivity contribution in [2.75, 3.05) is 0 Å². The third-order valence-electron chi connectivity index (χ3n) is 3.97. The highest BCUT2D eigenvalue weighted by atomic mass is 19.2. The van der Waals surface area contributed by atoms with E-state index in [1.165, 1.54) is 6.07 Å². The van der Waals surface area contributed by atoms with Gasteiger partial charge in [0.2, 0.25) is 11.6 Å². The number of rotatable bonds is 2. The van der Waals surface area contributed by atoms with Crippen LogP contribution in [-0.4, -0.2) is 4.98 Å². The molecule has 2 aromatic carbocycles. The summed E-state index contributed by atoms with van der Waals surface area (Å²) in [6.45, 7) is 0. The van der Waals surface area contributed by atoms with Crippen LogP contribution in [0.3, 0.4) is 0 Å². The van der Waals surface area contributed by atoms with Crippen LogP contribution in [0.15, 0.2) is 12.3 Å². The molecule has 154 valence electrons. The average Bonchev–Trinajstić information content (AvgIpc) is 2.74. The second kappa shape index (κ2) is 7.33. The van der Waals surface area contributed by atoms with Crippen LogP contribution in [-0.2, 0) is 0 Å². The molecular weight excluding hydrogens is 434 g/mol. The lowest BCUT2D eigenvalue weighted by molar-refractivity contribution is 0.381. The monoisotopic (exact) mass is 436 g/mol. The zero-order valence-electron chi connectivity index (χ0n) is 13.8. The fourth-order valence-electron chi connectivity index (χ4n) is 2.58. The van der Waals surface area contributed by atoms with Crippen molar-refractivity contribution in [3.8, 4) is 28.3 Å². The molecule has 0 aliphatic heterocycles. The van der Waals surface area contributed by atoms with Crippen LogP contribution in [0.2, 0.25) is 0 Å². The number of hydrogen-bond donors (Lipinski definition) is 0. The maximum absolute atomic E-state index is 14.1. The standard InChI is InChI=1S/C18H2F10N2/c19-9-7(10(20)14(24)17(27)13(9)23)4-1-5(6(2-29)30-3-4)8-11(21)15(25)18(28)16(26)12(8)22/h1,3H. The quantitative estimate of drug-likeness (QED) is 0.295. The first-order chi connectivity index (χ1) is 14.0. The predicted octanol–water partition coefficient (Wildman–Crippen LogP) is 5.68. The van der Waals surface area contributed by atoms with E-state index in [0.29, 0.717) is 12.3 Å². The fourth-order valence-corrected chi connectivity index (χ4v) is 2.58. The number of aromatic nitrogens is 1. The molecule has 0 unspecified atom stereocenters. The maximum Gasteiger partial charge on any atom is 0.200 e. The predicted molar refractivity (Wildman–Crippen MR) is 79.4 cm³/mol. The Kier molecular flexibility index (Phi) is 5.15. The van der Waals surface area contributed by atoms with Gasteiger partial charge in [0.05, 0.1) is 11.1 Å². The Morgan fingerprint density at radius 2 is 0.933 bits per heavy atom. The molecule has 30 heavy (non-hydrogen) atoms. The van der Waals surface area contributed by atoms with Crippen molar-refractivity contribution in [1.82, 2.24) is 4.98 Å². The second-order valence-corrected chi connectivity index (χ2v) is 5.62. The van der Waals surface area contributed by atoms with Crippen LogP contribution in [0.25, 0.3) is 22.3 Å². The molecule has 0 bridgehead atoms. The van der Waals surface area contributed by atoms with Gasteiger partial charge in [-0.15, -0.1) is 0 Å². The Bertz CT molecular complexity index is 1210. The van der Waals surface area contributed by atoms with Crippen molar-refractivity contribution in [2.24, 2.45) is 0 Å². The van der Waals surface area contributed by atoms with E-state index in [-0.39, 0.29) is 0 Å². The third kappa shape index (κ3) is 2.94. The van der Waals surface area contributed by atoms with Crippen LogP contribution in [0, 0.1) is 69.5 Å². The van der Waals surface area contributed by atoms with E-state index in [0.717, 1.165) is 0 Å². The van der Waals surface area contributed by atoms with Crippen LogP contribution in [0.1, 0.15) is 5.69 Å². The van der Waals surface area contributed by atoms with Gasteiger partial charge in [0.25, 0.3) is 0 Å². The molecular formula is C18H2F10N2. The summed E-state index contributed by atoms with van der Waals surface area (Å²) < 4.78 is 137. The molecule has 0 saturated heterocycles. The smallest absolute Gasteiger partial charge is 0.200 e. The molecule has 3 rings (SSSR count). The minimum absolute atomic E-state index is 0.308. The molecule has 12 heteroatoms. The van der Waals surface area contributed by atoms with Crippen LogP contribution in [0.4, 0.5) is 43.9 Å². The van der Waals surface area contributed by atoms with Crippen molar-refractivity contribution in [3.05, 3.63) is 76.1 Å². The lowest BCUT2D eigenvalue weighted by atomic mass is 9.97. The summed E-state index contributed by atoms with van der Waals surface area (Å²) in [5.41, 5.74) is -6.34. The number of halogens is 10. The van der Waals surface area contributed by atoms with Crippen molar-refractivity contribution in [3.63, 3.8) is 0 Å². The van der Waals surface area contributed by atoms with Crippen LogP contribution >= 0.6 is 0 Å². The summed E-state index contributed by atoms with van der Waals surface area (Å²) in [6.07, 6.45) is 0.423. The molecule has 0 atom stereocenters. The Morgan fingerprint density at radius 1 is 0.567 bits per heavy atom. The summed E-state index contributed by atoms with van der Waals surface area (Å²) in [4.78, 5) is 3.27.